The van der Waals surface area contributed by atoms with E-state index in [0.29, 0.717) is 6.04 Å². The molecule has 1 aliphatic heterocycles. The number of rotatable bonds is 0. The highest BCUT2D eigenvalue weighted by Gasteiger charge is 2.16. The van der Waals surface area contributed by atoms with Gasteiger partial charge in [0.2, 0.25) is 0 Å². The van der Waals surface area contributed by atoms with Gasteiger partial charge in [-0.3, -0.25) is 0 Å². The van der Waals surface area contributed by atoms with Crippen LogP contribution in [0, 0.1) is 0 Å². The maximum absolute atomic E-state index is 9.12. The third-order valence-electron chi connectivity index (χ3n) is 1.72. The Bertz CT molecular complexity index is 66.2. The molecular weight excluding hydrogens is 150 g/mol. The summed E-state index contributed by atoms with van der Waals surface area (Å²) < 4.78 is 0. The SMILES string of the molecule is CC.CC.CC1NCCCC1O. The van der Waals surface area contributed by atoms with Crippen LogP contribution in [0.25, 0.3) is 0 Å². The Morgan fingerprint density at radius 3 is 1.92 bits per heavy atom. The number of hydrogen-bond acceptors (Lipinski definition) is 2. The largest absolute Gasteiger partial charge is 0.392 e. The molecule has 1 fully saturated rings. The van der Waals surface area contributed by atoms with E-state index in [-0.39, 0.29) is 6.10 Å². The molecule has 0 amide bonds. The van der Waals surface area contributed by atoms with Gasteiger partial charge in [-0.15, -0.1) is 0 Å². The first-order valence-corrected chi connectivity index (χ1v) is 5.22. The van der Waals surface area contributed by atoms with Gasteiger partial charge in [0, 0.05) is 6.04 Å². The molecule has 0 aromatic heterocycles. The average molecular weight is 175 g/mol. The first-order chi connectivity index (χ1) is 5.80. The van der Waals surface area contributed by atoms with Crippen molar-refractivity contribution in [1.82, 2.24) is 5.32 Å². The van der Waals surface area contributed by atoms with Crippen LogP contribution >= 0.6 is 0 Å². The fraction of sp³-hybridized carbons (Fsp3) is 1.00. The van der Waals surface area contributed by atoms with Gasteiger partial charge in [0.05, 0.1) is 6.10 Å². The van der Waals surface area contributed by atoms with E-state index in [1.807, 2.05) is 34.6 Å². The van der Waals surface area contributed by atoms with E-state index in [1.165, 1.54) is 0 Å². The average Bonchev–Trinajstić information content (AvgIpc) is 2.17. The number of piperidine rings is 1. The Labute approximate surface area is 77.4 Å². The zero-order chi connectivity index (χ0) is 9.98. The summed E-state index contributed by atoms with van der Waals surface area (Å²) in [7, 11) is 0. The molecule has 0 aromatic rings. The van der Waals surface area contributed by atoms with Gasteiger partial charge in [-0.05, 0) is 26.3 Å². The number of hydrogen-bond donors (Lipinski definition) is 2. The summed E-state index contributed by atoms with van der Waals surface area (Å²) in [5.74, 6) is 0. The molecule has 2 atom stereocenters. The summed E-state index contributed by atoms with van der Waals surface area (Å²) in [6, 6.07) is 0.309. The quantitative estimate of drug-likeness (QED) is 0.591. The molecule has 2 N–H and O–H groups in total. The maximum atomic E-state index is 9.12. The number of aliphatic hydroxyl groups is 1. The van der Waals surface area contributed by atoms with Crippen LogP contribution in [0.3, 0.4) is 0 Å². The molecule has 0 saturated carbocycles. The van der Waals surface area contributed by atoms with Crippen molar-refractivity contribution in [2.45, 2.75) is 59.6 Å². The Kier molecular flexibility index (Phi) is 13.1. The molecule has 1 heterocycles. The monoisotopic (exact) mass is 175 g/mol. The fourth-order valence-corrected chi connectivity index (χ4v) is 1.03. The molecule has 0 aliphatic carbocycles. The lowest BCUT2D eigenvalue weighted by molar-refractivity contribution is 0.104. The van der Waals surface area contributed by atoms with Crippen molar-refractivity contribution in [3.8, 4) is 0 Å². The predicted octanol–water partition coefficient (Wildman–Crippen LogP) is 2.17. The van der Waals surface area contributed by atoms with Crippen LogP contribution in [0.2, 0.25) is 0 Å². The van der Waals surface area contributed by atoms with Gasteiger partial charge in [-0.2, -0.15) is 0 Å². The molecule has 12 heavy (non-hydrogen) atoms. The molecule has 1 rings (SSSR count). The van der Waals surface area contributed by atoms with Gasteiger partial charge in [-0.25, -0.2) is 0 Å². The van der Waals surface area contributed by atoms with Gasteiger partial charge in [0.15, 0.2) is 0 Å². The topological polar surface area (TPSA) is 32.3 Å². The third-order valence-corrected chi connectivity index (χ3v) is 1.72. The minimum absolute atomic E-state index is 0.108. The minimum atomic E-state index is -0.108. The molecule has 1 saturated heterocycles. The normalized spacial score (nSPS) is 27.5. The standard InChI is InChI=1S/C6H13NO.2C2H6/c1-5-6(8)3-2-4-7-5;2*1-2/h5-8H,2-4H2,1H3;2*1-2H3. The van der Waals surface area contributed by atoms with Crippen molar-refractivity contribution in [3.05, 3.63) is 0 Å². The van der Waals surface area contributed by atoms with E-state index < -0.39 is 0 Å². The Hall–Kier alpha value is -0.0800. The highest BCUT2D eigenvalue weighted by Crippen LogP contribution is 2.06. The van der Waals surface area contributed by atoms with E-state index in [0.717, 1.165) is 19.4 Å². The van der Waals surface area contributed by atoms with Crippen molar-refractivity contribution >= 4 is 0 Å². The minimum Gasteiger partial charge on any atom is -0.392 e. The van der Waals surface area contributed by atoms with E-state index >= 15 is 0 Å². The molecule has 0 bridgehead atoms. The molecular formula is C10H25NO. The molecule has 2 heteroatoms. The number of aliphatic hydroxyl groups excluding tert-OH is 1. The Morgan fingerprint density at radius 2 is 1.67 bits per heavy atom. The van der Waals surface area contributed by atoms with Gasteiger partial charge < -0.3 is 10.4 Å². The second-order valence-corrected chi connectivity index (χ2v) is 2.45. The lowest BCUT2D eigenvalue weighted by Crippen LogP contribution is -2.42. The zero-order valence-corrected chi connectivity index (χ0v) is 9.22. The lowest BCUT2D eigenvalue weighted by atomic mass is 10.0. The highest BCUT2D eigenvalue weighted by molar-refractivity contribution is 4.75. The summed E-state index contributed by atoms with van der Waals surface area (Å²) in [5.41, 5.74) is 0. The second-order valence-electron chi connectivity index (χ2n) is 2.45. The molecule has 0 spiro atoms. The van der Waals surface area contributed by atoms with E-state index in [1.54, 1.807) is 0 Å². The van der Waals surface area contributed by atoms with Crippen LogP contribution in [0.4, 0.5) is 0 Å². The van der Waals surface area contributed by atoms with Crippen molar-refractivity contribution in [2.75, 3.05) is 6.54 Å². The first-order valence-electron chi connectivity index (χ1n) is 5.22. The van der Waals surface area contributed by atoms with Crippen LogP contribution in [0.5, 0.6) is 0 Å². The van der Waals surface area contributed by atoms with E-state index in [9.17, 15) is 0 Å². The van der Waals surface area contributed by atoms with E-state index in [4.69, 9.17) is 5.11 Å². The summed E-state index contributed by atoms with van der Waals surface area (Å²) in [4.78, 5) is 0. The van der Waals surface area contributed by atoms with Crippen LogP contribution in [-0.2, 0) is 0 Å². The van der Waals surface area contributed by atoms with Crippen LogP contribution < -0.4 is 5.32 Å². The molecule has 2 nitrogen and oxygen atoms in total. The number of nitrogens with one attached hydrogen (secondary N) is 1. The van der Waals surface area contributed by atoms with Gasteiger partial charge in [-0.1, -0.05) is 27.7 Å². The maximum Gasteiger partial charge on any atom is 0.0690 e. The Morgan fingerprint density at radius 1 is 1.17 bits per heavy atom. The van der Waals surface area contributed by atoms with E-state index in [2.05, 4.69) is 5.32 Å². The van der Waals surface area contributed by atoms with Crippen molar-refractivity contribution in [3.63, 3.8) is 0 Å². The second kappa shape index (κ2) is 10.9. The fourth-order valence-electron chi connectivity index (χ4n) is 1.03. The van der Waals surface area contributed by atoms with Crippen LogP contribution in [0.15, 0.2) is 0 Å². The zero-order valence-electron chi connectivity index (χ0n) is 9.22. The van der Waals surface area contributed by atoms with Crippen LogP contribution in [-0.4, -0.2) is 23.8 Å². The molecule has 0 radical (unpaired) electrons. The summed E-state index contributed by atoms with van der Waals surface area (Å²) in [5, 5.41) is 12.3. The third kappa shape index (κ3) is 6.62. The van der Waals surface area contributed by atoms with Gasteiger partial charge in [0.25, 0.3) is 0 Å². The summed E-state index contributed by atoms with van der Waals surface area (Å²) in [6.07, 6.45) is 1.98. The van der Waals surface area contributed by atoms with Crippen molar-refractivity contribution in [1.29, 1.82) is 0 Å². The predicted molar refractivity (Wildman–Crippen MR) is 55.4 cm³/mol. The van der Waals surface area contributed by atoms with Gasteiger partial charge >= 0.3 is 0 Å². The van der Waals surface area contributed by atoms with Crippen LogP contribution in [0.1, 0.15) is 47.5 Å². The molecule has 2 unspecified atom stereocenters. The molecule has 1 aliphatic rings. The van der Waals surface area contributed by atoms with Gasteiger partial charge in [0.1, 0.15) is 0 Å². The summed E-state index contributed by atoms with van der Waals surface area (Å²) in [6.45, 7) is 11.1. The molecule has 76 valence electrons. The van der Waals surface area contributed by atoms with Crippen molar-refractivity contribution in [2.24, 2.45) is 0 Å². The first kappa shape index (κ1) is 14.4. The summed E-state index contributed by atoms with van der Waals surface area (Å²) >= 11 is 0. The highest BCUT2D eigenvalue weighted by atomic mass is 16.3. The van der Waals surface area contributed by atoms with Crippen molar-refractivity contribution < 1.29 is 5.11 Å². The Balaban J connectivity index is 0. The lowest BCUT2D eigenvalue weighted by Gasteiger charge is -2.25. The smallest absolute Gasteiger partial charge is 0.0690 e. The molecule has 0 aromatic carbocycles.